The number of carbonyl (C=O) groups excluding carboxylic acids is 1. The van der Waals surface area contributed by atoms with Gasteiger partial charge in [-0.2, -0.15) is 0 Å². The number of carbonyl (C=O) groups is 1. The lowest BCUT2D eigenvalue weighted by Gasteiger charge is -2.41. The third-order valence-electron chi connectivity index (χ3n) is 2.99. The summed E-state index contributed by atoms with van der Waals surface area (Å²) in [5, 5.41) is 2.86. The molecule has 1 unspecified atom stereocenters. The second-order valence-corrected chi connectivity index (χ2v) is 5.62. The largest absolute Gasteiger partial charge is 0.399 e. The van der Waals surface area contributed by atoms with Crippen molar-refractivity contribution in [3.05, 3.63) is 24.3 Å². The molecule has 5 heteroatoms. The minimum Gasteiger partial charge on any atom is -0.399 e. The fourth-order valence-electron chi connectivity index (χ4n) is 2.43. The van der Waals surface area contributed by atoms with Crippen molar-refractivity contribution >= 4 is 17.4 Å². The average Bonchev–Trinajstić information content (AvgIpc) is 2.26. The van der Waals surface area contributed by atoms with Crippen LogP contribution < -0.4 is 11.1 Å². The number of amides is 2. The SMILES string of the molecule is CC1CN(C(=O)Nc2cccc(N)c2)CC(C)(C)O1. The Morgan fingerprint density at radius 3 is 2.89 bits per heavy atom. The van der Waals surface area contributed by atoms with Gasteiger partial charge < -0.3 is 20.7 Å². The summed E-state index contributed by atoms with van der Waals surface area (Å²) in [6.45, 7) is 7.12. The number of rotatable bonds is 1. The van der Waals surface area contributed by atoms with Crippen molar-refractivity contribution in [3.63, 3.8) is 0 Å². The van der Waals surface area contributed by atoms with Crippen molar-refractivity contribution in [3.8, 4) is 0 Å². The van der Waals surface area contributed by atoms with Crippen molar-refractivity contribution in [1.29, 1.82) is 0 Å². The molecule has 0 aromatic heterocycles. The van der Waals surface area contributed by atoms with Gasteiger partial charge >= 0.3 is 6.03 Å². The highest BCUT2D eigenvalue weighted by Gasteiger charge is 2.33. The summed E-state index contributed by atoms with van der Waals surface area (Å²) in [6.07, 6.45) is 0.0374. The molecule has 2 amide bonds. The summed E-state index contributed by atoms with van der Waals surface area (Å²) in [5.74, 6) is 0. The average molecular weight is 263 g/mol. The van der Waals surface area contributed by atoms with Crippen molar-refractivity contribution in [2.45, 2.75) is 32.5 Å². The van der Waals surface area contributed by atoms with E-state index < -0.39 is 0 Å². The van der Waals surface area contributed by atoms with Crippen LogP contribution in [-0.4, -0.2) is 35.7 Å². The number of anilines is 2. The van der Waals surface area contributed by atoms with Gasteiger partial charge in [-0.05, 0) is 39.0 Å². The van der Waals surface area contributed by atoms with Crippen molar-refractivity contribution in [1.82, 2.24) is 4.90 Å². The zero-order valence-electron chi connectivity index (χ0n) is 11.6. The van der Waals surface area contributed by atoms with Gasteiger partial charge in [0.2, 0.25) is 0 Å². The van der Waals surface area contributed by atoms with Crippen LogP contribution in [0.25, 0.3) is 0 Å². The Hall–Kier alpha value is -1.75. The van der Waals surface area contributed by atoms with Gasteiger partial charge in [-0.3, -0.25) is 0 Å². The first kappa shape index (κ1) is 13.7. The van der Waals surface area contributed by atoms with E-state index in [1.54, 1.807) is 17.0 Å². The van der Waals surface area contributed by atoms with E-state index in [4.69, 9.17) is 10.5 Å². The van der Waals surface area contributed by atoms with Crippen LogP contribution in [0.15, 0.2) is 24.3 Å². The maximum atomic E-state index is 12.2. The lowest BCUT2D eigenvalue weighted by atomic mass is 10.1. The van der Waals surface area contributed by atoms with E-state index in [1.807, 2.05) is 32.9 Å². The molecule has 0 bridgehead atoms. The summed E-state index contributed by atoms with van der Waals surface area (Å²) in [5.41, 5.74) is 6.72. The first-order chi connectivity index (χ1) is 8.85. The molecule has 1 saturated heterocycles. The number of ether oxygens (including phenoxy) is 1. The summed E-state index contributed by atoms with van der Waals surface area (Å²) >= 11 is 0. The Morgan fingerprint density at radius 2 is 2.26 bits per heavy atom. The highest BCUT2D eigenvalue weighted by molar-refractivity contribution is 5.90. The molecule has 0 radical (unpaired) electrons. The van der Waals surface area contributed by atoms with E-state index in [2.05, 4.69) is 5.32 Å². The van der Waals surface area contributed by atoms with Gasteiger partial charge in [0.15, 0.2) is 0 Å². The Kier molecular flexibility index (Phi) is 3.66. The van der Waals surface area contributed by atoms with Crippen LogP contribution in [0.1, 0.15) is 20.8 Å². The Labute approximate surface area is 113 Å². The molecule has 1 aromatic carbocycles. The number of hydrogen-bond donors (Lipinski definition) is 2. The predicted octanol–water partition coefficient (Wildman–Crippen LogP) is 2.30. The van der Waals surface area contributed by atoms with E-state index >= 15 is 0 Å². The highest BCUT2D eigenvalue weighted by atomic mass is 16.5. The van der Waals surface area contributed by atoms with E-state index in [1.165, 1.54) is 0 Å². The summed E-state index contributed by atoms with van der Waals surface area (Å²) < 4.78 is 5.78. The molecule has 3 N–H and O–H groups in total. The van der Waals surface area contributed by atoms with Gasteiger partial charge in [0.1, 0.15) is 0 Å². The maximum absolute atomic E-state index is 12.2. The van der Waals surface area contributed by atoms with E-state index in [0.29, 0.717) is 24.5 Å². The Balaban J connectivity index is 2.03. The van der Waals surface area contributed by atoms with Crippen molar-refractivity contribution in [2.24, 2.45) is 0 Å². The number of nitrogens with two attached hydrogens (primary N) is 1. The smallest absolute Gasteiger partial charge is 0.322 e. The number of nitrogens with one attached hydrogen (secondary N) is 1. The summed E-state index contributed by atoms with van der Waals surface area (Å²) in [7, 11) is 0. The molecule has 1 fully saturated rings. The monoisotopic (exact) mass is 263 g/mol. The second kappa shape index (κ2) is 5.09. The Bertz CT molecular complexity index is 474. The van der Waals surface area contributed by atoms with Crippen molar-refractivity contribution in [2.75, 3.05) is 24.1 Å². The summed E-state index contributed by atoms with van der Waals surface area (Å²) in [6, 6.07) is 7.05. The van der Waals surface area contributed by atoms with Crippen LogP contribution in [0.2, 0.25) is 0 Å². The number of benzene rings is 1. The second-order valence-electron chi connectivity index (χ2n) is 5.62. The van der Waals surface area contributed by atoms with Gasteiger partial charge in [0.05, 0.1) is 18.2 Å². The molecular weight excluding hydrogens is 242 g/mol. The quantitative estimate of drug-likeness (QED) is 0.764. The highest BCUT2D eigenvalue weighted by Crippen LogP contribution is 2.21. The molecule has 2 rings (SSSR count). The fourth-order valence-corrected chi connectivity index (χ4v) is 2.43. The standard InChI is InChI=1S/C14H21N3O2/c1-10-8-17(9-14(2,3)19-10)13(18)16-12-6-4-5-11(15)7-12/h4-7,10H,8-9,15H2,1-3H3,(H,16,18). The molecule has 1 aromatic rings. The van der Waals surface area contributed by atoms with E-state index in [9.17, 15) is 4.79 Å². The van der Waals surface area contributed by atoms with Gasteiger partial charge in [0.25, 0.3) is 0 Å². The van der Waals surface area contributed by atoms with Gasteiger partial charge in [-0.15, -0.1) is 0 Å². The molecular formula is C14H21N3O2. The van der Waals surface area contributed by atoms with Crippen LogP contribution in [0.4, 0.5) is 16.2 Å². The van der Waals surface area contributed by atoms with Crippen molar-refractivity contribution < 1.29 is 9.53 Å². The lowest BCUT2D eigenvalue weighted by molar-refractivity contribution is -0.116. The number of morpholine rings is 1. The molecule has 0 aliphatic carbocycles. The van der Waals surface area contributed by atoms with Crippen LogP contribution in [0.5, 0.6) is 0 Å². The number of nitrogens with zero attached hydrogens (tertiary/aromatic N) is 1. The number of nitrogen functional groups attached to an aromatic ring is 1. The van der Waals surface area contributed by atoms with E-state index in [0.717, 1.165) is 0 Å². The number of urea groups is 1. The zero-order valence-corrected chi connectivity index (χ0v) is 11.6. The summed E-state index contributed by atoms with van der Waals surface area (Å²) in [4.78, 5) is 14.0. The molecule has 1 aliphatic heterocycles. The predicted molar refractivity (Wildman–Crippen MR) is 76.1 cm³/mol. The Morgan fingerprint density at radius 1 is 1.53 bits per heavy atom. The first-order valence-corrected chi connectivity index (χ1v) is 6.45. The van der Waals surface area contributed by atoms with Crippen LogP contribution in [0, 0.1) is 0 Å². The third-order valence-corrected chi connectivity index (χ3v) is 2.99. The maximum Gasteiger partial charge on any atom is 0.322 e. The third kappa shape index (κ3) is 3.61. The zero-order chi connectivity index (χ0) is 14.0. The normalized spacial score (nSPS) is 22.1. The van der Waals surface area contributed by atoms with Crippen LogP contribution in [0.3, 0.4) is 0 Å². The van der Waals surface area contributed by atoms with Gasteiger partial charge in [-0.25, -0.2) is 4.79 Å². The molecule has 1 atom stereocenters. The van der Waals surface area contributed by atoms with Crippen LogP contribution in [-0.2, 0) is 4.74 Å². The molecule has 1 aliphatic rings. The fraction of sp³-hybridized carbons (Fsp3) is 0.500. The van der Waals surface area contributed by atoms with Gasteiger partial charge in [-0.1, -0.05) is 6.07 Å². The number of hydrogen-bond acceptors (Lipinski definition) is 3. The van der Waals surface area contributed by atoms with Gasteiger partial charge in [0, 0.05) is 17.9 Å². The molecule has 0 saturated carbocycles. The molecule has 0 spiro atoms. The minimum atomic E-state index is -0.315. The lowest BCUT2D eigenvalue weighted by Crippen LogP contribution is -2.54. The molecule has 1 heterocycles. The van der Waals surface area contributed by atoms with Crippen LogP contribution >= 0.6 is 0 Å². The minimum absolute atomic E-state index is 0.0374. The molecule has 19 heavy (non-hydrogen) atoms. The van der Waals surface area contributed by atoms with E-state index in [-0.39, 0.29) is 17.7 Å². The molecule has 104 valence electrons. The molecule has 5 nitrogen and oxygen atoms in total. The topological polar surface area (TPSA) is 67.6 Å². The first-order valence-electron chi connectivity index (χ1n) is 6.45.